The Morgan fingerprint density at radius 2 is 1.81 bits per heavy atom. The number of pyridine rings is 2. The highest BCUT2D eigenvalue weighted by atomic mass is 32.2. The number of hydrogen-bond acceptors (Lipinski definition) is 8. The van der Waals surface area contributed by atoms with Crippen LogP contribution in [-0.2, 0) is 6.61 Å². The van der Waals surface area contributed by atoms with Crippen LogP contribution in [0.4, 0.5) is 5.95 Å². The Labute approximate surface area is 218 Å². The van der Waals surface area contributed by atoms with Crippen LogP contribution >= 0.6 is 11.8 Å². The molecule has 0 unspecified atom stereocenters. The molecule has 1 fully saturated rings. The fourth-order valence-electron chi connectivity index (χ4n) is 4.43. The summed E-state index contributed by atoms with van der Waals surface area (Å²) in [5.41, 5.74) is 2.59. The summed E-state index contributed by atoms with van der Waals surface area (Å²) in [6, 6.07) is 19.4. The molecule has 1 aliphatic rings. The molecule has 4 heterocycles. The van der Waals surface area contributed by atoms with E-state index in [0.717, 1.165) is 63.3 Å². The molecule has 0 atom stereocenters. The maximum atomic E-state index is 11.8. The summed E-state index contributed by atoms with van der Waals surface area (Å²) in [6.07, 6.45) is 3.63. The number of benzene rings is 2. The zero-order valence-electron chi connectivity index (χ0n) is 20.4. The lowest BCUT2D eigenvalue weighted by Gasteiger charge is -2.32. The maximum absolute atomic E-state index is 11.8. The van der Waals surface area contributed by atoms with Gasteiger partial charge in [-0.2, -0.15) is 4.98 Å². The minimum absolute atomic E-state index is 0.123. The van der Waals surface area contributed by atoms with Crippen LogP contribution in [0.3, 0.4) is 0 Å². The smallest absolute Gasteiger partial charge is 0.248 e. The number of anilines is 1. The van der Waals surface area contributed by atoms with Crippen LogP contribution in [0, 0.1) is 0 Å². The van der Waals surface area contributed by atoms with Crippen LogP contribution in [0.1, 0.15) is 5.56 Å². The summed E-state index contributed by atoms with van der Waals surface area (Å²) >= 11 is 1.52. The molecule has 0 amide bonds. The molecule has 0 spiro atoms. The van der Waals surface area contributed by atoms with Crippen molar-refractivity contribution in [2.24, 2.45) is 0 Å². The van der Waals surface area contributed by atoms with E-state index >= 15 is 0 Å². The van der Waals surface area contributed by atoms with Crippen molar-refractivity contribution in [3.8, 4) is 5.88 Å². The van der Waals surface area contributed by atoms with Crippen LogP contribution in [-0.4, -0.2) is 58.1 Å². The molecule has 186 valence electrons. The Morgan fingerprint density at radius 1 is 0.973 bits per heavy atom. The molecule has 3 aromatic heterocycles. The summed E-state index contributed by atoms with van der Waals surface area (Å²) < 4.78 is 6.36. The number of piperazine rings is 1. The van der Waals surface area contributed by atoms with Gasteiger partial charge in [-0.3, -0.25) is 9.78 Å². The molecule has 5 aromatic rings. The first-order valence-corrected chi connectivity index (χ1v) is 13.0. The van der Waals surface area contributed by atoms with E-state index in [1.54, 1.807) is 6.20 Å². The van der Waals surface area contributed by atoms with Gasteiger partial charge >= 0.3 is 0 Å². The molecule has 8 nitrogen and oxygen atoms in total. The van der Waals surface area contributed by atoms with E-state index in [1.165, 1.54) is 17.8 Å². The fourth-order valence-corrected chi connectivity index (χ4v) is 5.29. The van der Waals surface area contributed by atoms with E-state index in [1.807, 2.05) is 60.8 Å². The van der Waals surface area contributed by atoms with Crippen LogP contribution < -0.4 is 15.2 Å². The molecule has 0 saturated carbocycles. The highest BCUT2D eigenvalue weighted by molar-refractivity contribution is 7.99. The first kappa shape index (κ1) is 23.4. The zero-order valence-corrected chi connectivity index (χ0v) is 21.2. The summed E-state index contributed by atoms with van der Waals surface area (Å²) in [6.45, 7) is 4.01. The molecular weight excluding hydrogens is 484 g/mol. The molecule has 0 aliphatic carbocycles. The third-order valence-corrected chi connectivity index (χ3v) is 7.49. The third kappa shape index (κ3) is 5.14. The lowest BCUT2D eigenvalue weighted by molar-refractivity contribution is 0.284. The van der Waals surface area contributed by atoms with E-state index < -0.39 is 0 Å². The summed E-state index contributed by atoms with van der Waals surface area (Å²) in [5, 5.41) is 2.05. The standard InChI is InChI=1S/C28H26N6O2S/c1-33-12-14-34(15-13-33)28-30-17-24(37-22-9-7-19-8-10-25(35)31-23(19)16-22)27(32-28)36-18-21-5-2-4-20-6-3-11-29-26(20)21/h2-11,16-17H,12-15,18H2,1H3,(H,31,35). The van der Waals surface area contributed by atoms with Crippen LogP contribution in [0.25, 0.3) is 21.8 Å². The maximum Gasteiger partial charge on any atom is 0.248 e. The van der Waals surface area contributed by atoms with Crippen molar-refractivity contribution in [3.63, 3.8) is 0 Å². The number of para-hydroxylation sites is 1. The van der Waals surface area contributed by atoms with Crippen molar-refractivity contribution >= 4 is 39.5 Å². The number of aromatic amines is 1. The average Bonchev–Trinajstić information content (AvgIpc) is 2.93. The molecule has 2 aromatic carbocycles. The van der Waals surface area contributed by atoms with Gasteiger partial charge in [0.2, 0.25) is 17.4 Å². The summed E-state index contributed by atoms with van der Waals surface area (Å²) in [5.74, 6) is 1.20. The average molecular weight is 511 g/mol. The van der Waals surface area contributed by atoms with Gasteiger partial charge in [0, 0.05) is 59.8 Å². The minimum Gasteiger partial charge on any atom is -0.472 e. The Morgan fingerprint density at radius 3 is 2.70 bits per heavy atom. The molecule has 9 heteroatoms. The molecule has 1 N–H and O–H groups in total. The van der Waals surface area contributed by atoms with Gasteiger partial charge in [-0.05, 0) is 36.7 Å². The van der Waals surface area contributed by atoms with Crippen LogP contribution in [0.2, 0.25) is 0 Å². The van der Waals surface area contributed by atoms with Crippen molar-refractivity contribution in [1.29, 1.82) is 0 Å². The predicted octanol–water partition coefficient (Wildman–Crippen LogP) is 4.35. The van der Waals surface area contributed by atoms with E-state index in [0.29, 0.717) is 18.4 Å². The van der Waals surface area contributed by atoms with Gasteiger partial charge in [0.05, 0.1) is 16.6 Å². The second-order valence-electron chi connectivity index (χ2n) is 9.08. The normalized spacial score (nSPS) is 14.4. The number of fused-ring (bicyclic) bond motifs is 2. The van der Waals surface area contributed by atoms with Gasteiger partial charge in [0.15, 0.2) is 0 Å². The second-order valence-corrected chi connectivity index (χ2v) is 10.2. The fraction of sp³-hybridized carbons (Fsp3) is 0.214. The topological polar surface area (TPSA) is 87.2 Å². The van der Waals surface area contributed by atoms with Gasteiger partial charge in [0.1, 0.15) is 6.61 Å². The van der Waals surface area contributed by atoms with E-state index in [-0.39, 0.29) is 5.56 Å². The van der Waals surface area contributed by atoms with Gasteiger partial charge < -0.3 is 19.5 Å². The molecule has 1 saturated heterocycles. The number of nitrogens with one attached hydrogen (secondary N) is 1. The van der Waals surface area contributed by atoms with E-state index in [9.17, 15) is 4.79 Å². The van der Waals surface area contributed by atoms with Crippen molar-refractivity contribution in [1.82, 2.24) is 24.8 Å². The molecule has 0 radical (unpaired) electrons. The quantitative estimate of drug-likeness (QED) is 0.361. The van der Waals surface area contributed by atoms with Crippen molar-refractivity contribution in [2.45, 2.75) is 16.4 Å². The number of H-pyrrole nitrogens is 1. The SMILES string of the molecule is CN1CCN(c2ncc(Sc3ccc4ccc(=O)[nH]c4c3)c(OCc3cccc4cccnc34)n2)CC1. The number of likely N-dealkylation sites (N-methyl/N-ethyl adjacent to an activating group) is 1. The van der Waals surface area contributed by atoms with Crippen molar-refractivity contribution in [3.05, 3.63) is 89.0 Å². The van der Waals surface area contributed by atoms with E-state index in [2.05, 4.69) is 26.8 Å². The first-order chi connectivity index (χ1) is 18.1. The molecule has 37 heavy (non-hydrogen) atoms. The van der Waals surface area contributed by atoms with Gasteiger partial charge in [-0.15, -0.1) is 0 Å². The highest BCUT2D eigenvalue weighted by Gasteiger charge is 2.19. The van der Waals surface area contributed by atoms with Crippen LogP contribution in [0.5, 0.6) is 5.88 Å². The Balaban J connectivity index is 1.32. The van der Waals surface area contributed by atoms with Crippen molar-refractivity contribution < 1.29 is 4.74 Å². The molecule has 6 rings (SSSR count). The Hall–Kier alpha value is -3.95. The molecule has 1 aliphatic heterocycles. The monoisotopic (exact) mass is 510 g/mol. The molecular formula is C28H26N6O2S. The number of aromatic nitrogens is 4. The Bertz CT molecular complexity index is 1630. The van der Waals surface area contributed by atoms with Gasteiger partial charge in [-0.25, -0.2) is 4.98 Å². The predicted molar refractivity (Wildman–Crippen MR) is 147 cm³/mol. The molecule has 0 bridgehead atoms. The lowest BCUT2D eigenvalue weighted by atomic mass is 10.1. The largest absolute Gasteiger partial charge is 0.472 e. The lowest BCUT2D eigenvalue weighted by Crippen LogP contribution is -2.45. The highest BCUT2D eigenvalue weighted by Crippen LogP contribution is 2.36. The number of hydrogen-bond donors (Lipinski definition) is 1. The van der Waals surface area contributed by atoms with Gasteiger partial charge in [0.25, 0.3) is 0 Å². The summed E-state index contributed by atoms with van der Waals surface area (Å²) in [7, 11) is 2.13. The van der Waals surface area contributed by atoms with E-state index in [4.69, 9.17) is 14.7 Å². The zero-order chi connectivity index (χ0) is 25.2. The minimum atomic E-state index is -0.123. The van der Waals surface area contributed by atoms with Crippen molar-refractivity contribution in [2.75, 3.05) is 38.1 Å². The number of nitrogens with zero attached hydrogens (tertiary/aromatic N) is 5. The third-order valence-electron chi connectivity index (χ3n) is 6.50. The van der Waals surface area contributed by atoms with Gasteiger partial charge in [-0.1, -0.05) is 42.1 Å². The second kappa shape index (κ2) is 10.2. The first-order valence-electron chi connectivity index (χ1n) is 12.2. The number of rotatable bonds is 6. The Kier molecular flexibility index (Phi) is 6.46. The number of ether oxygens (including phenoxy) is 1. The summed E-state index contributed by atoms with van der Waals surface area (Å²) in [4.78, 5) is 35.1. The van der Waals surface area contributed by atoms with Crippen LogP contribution in [0.15, 0.2) is 87.6 Å².